The zero-order valence-corrected chi connectivity index (χ0v) is 13.8. The number of amides is 2. The number of rotatable bonds is 4. The summed E-state index contributed by atoms with van der Waals surface area (Å²) in [5, 5.41) is 0. The van der Waals surface area contributed by atoms with E-state index in [2.05, 4.69) is 21.7 Å². The normalized spacial score (nSPS) is 19.9. The van der Waals surface area contributed by atoms with E-state index in [0.717, 1.165) is 25.7 Å². The van der Waals surface area contributed by atoms with Crippen LogP contribution in [0.15, 0.2) is 0 Å². The molecule has 4 N–H and O–H groups in total. The van der Waals surface area contributed by atoms with Crippen LogP contribution >= 0.6 is 24.4 Å². The zero-order chi connectivity index (χ0) is 15.7. The molecule has 21 heavy (non-hydrogen) atoms. The van der Waals surface area contributed by atoms with Crippen molar-refractivity contribution in [3.8, 4) is 0 Å². The third-order valence-electron chi connectivity index (χ3n) is 4.05. The molecule has 2 aliphatic carbocycles. The Morgan fingerprint density at radius 3 is 1.43 bits per heavy atom. The second-order valence-corrected chi connectivity index (χ2v) is 7.12. The molecule has 0 heterocycles. The number of hydrogen-bond acceptors (Lipinski definition) is 4. The molecular weight excluding hydrogens is 308 g/mol. The highest BCUT2D eigenvalue weighted by Gasteiger charge is 2.42. The van der Waals surface area contributed by atoms with E-state index in [1.807, 2.05) is 13.8 Å². The van der Waals surface area contributed by atoms with E-state index in [-0.39, 0.29) is 17.3 Å². The summed E-state index contributed by atoms with van der Waals surface area (Å²) in [5.41, 5.74) is 10.3. The van der Waals surface area contributed by atoms with Gasteiger partial charge >= 0.3 is 0 Å². The van der Waals surface area contributed by atoms with E-state index < -0.39 is 11.8 Å². The second-order valence-electron chi connectivity index (χ2n) is 6.30. The van der Waals surface area contributed by atoms with Gasteiger partial charge in [-0.15, -0.1) is 0 Å². The smallest absolute Gasteiger partial charge is 0.247 e. The molecule has 2 rings (SSSR count). The van der Waals surface area contributed by atoms with Crippen molar-refractivity contribution in [1.29, 1.82) is 0 Å². The Bertz CT molecular complexity index is 454. The Morgan fingerprint density at radius 1 is 0.810 bits per heavy atom. The summed E-state index contributed by atoms with van der Waals surface area (Å²) in [6, 6.07) is 0. The quantitative estimate of drug-likeness (QED) is 0.348. The lowest BCUT2D eigenvalue weighted by Crippen LogP contribution is -2.48. The first-order chi connectivity index (χ1) is 9.75. The molecule has 2 aliphatic rings. The highest BCUT2D eigenvalue weighted by molar-refractivity contribution is 7.80. The van der Waals surface area contributed by atoms with Crippen LogP contribution in [0.3, 0.4) is 0 Å². The van der Waals surface area contributed by atoms with Crippen LogP contribution in [-0.2, 0) is 9.59 Å². The highest BCUT2D eigenvalue weighted by atomic mass is 32.1. The molecule has 0 aromatic rings. The molecule has 0 atom stereocenters. The van der Waals surface area contributed by atoms with Gasteiger partial charge in [0.25, 0.3) is 0 Å². The fraction of sp³-hybridized carbons (Fsp3) is 0.692. The second kappa shape index (κ2) is 5.84. The van der Waals surface area contributed by atoms with Gasteiger partial charge in [0.15, 0.2) is 0 Å². The molecule has 0 saturated heterocycles. The monoisotopic (exact) mass is 328 g/mol. The van der Waals surface area contributed by atoms with Crippen molar-refractivity contribution in [3.63, 3.8) is 0 Å². The first-order valence-electron chi connectivity index (χ1n) is 6.94. The minimum absolute atomic E-state index is 0.00166. The van der Waals surface area contributed by atoms with Gasteiger partial charge in [0.2, 0.25) is 11.8 Å². The van der Waals surface area contributed by atoms with Crippen molar-refractivity contribution >= 4 is 46.2 Å². The standard InChI is InChI=1S/C13H20N4O2S2/c1-12(3-4-12)10(20)16-14-8(18)7-9(19)15-17-11(21)13(2)5-6-13/h3-7H2,1-2H3,(H,14,18)(H,15,19)(H,16,20)(H,17,21). The fourth-order valence-corrected chi connectivity index (χ4v) is 2.13. The first-order valence-corrected chi connectivity index (χ1v) is 7.75. The lowest BCUT2D eigenvalue weighted by molar-refractivity contribution is -0.129. The van der Waals surface area contributed by atoms with Crippen LogP contribution in [0.4, 0.5) is 0 Å². The summed E-state index contributed by atoms with van der Waals surface area (Å²) in [6.07, 6.45) is 3.80. The van der Waals surface area contributed by atoms with E-state index in [0.29, 0.717) is 9.98 Å². The summed E-state index contributed by atoms with van der Waals surface area (Å²) in [7, 11) is 0. The molecule has 0 aliphatic heterocycles. The predicted octanol–water partition coefficient (Wildman–Crippen LogP) is 0.873. The molecule has 0 unspecified atom stereocenters. The average Bonchev–Trinajstić information content (AvgIpc) is 3.33. The van der Waals surface area contributed by atoms with Crippen LogP contribution in [-0.4, -0.2) is 21.8 Å². The summed E-state index contributed by atoms with van der Waals surface area (Å²) in [5.74, 6) is -0.881. The van der Waals surface area contributed by atoms with Crippen LogP contribution < -0.4 is 21.7 Å². The van der Waals surface area contributed by atoms with E-state index in [1.54, 1.807) is 0 Å². The van der Waals surface area contributed by atoms with E-state index in [9.17, 15) is 9.59 Å². The molecular formula is C13H20N4O2S2. The minimum Gasteiger partial charge on any atom is -0.291 e. The summed E-state index contributed by atoms with van der Waals surface area (Å²) in [6.45, 7) is 4.06. The van der Waals surface area contributed by atoms with Crippen LogP contribution in [0.25, 0.3) is 0 Å². The predicted molar refractivity (Wildman–Crippen MR) is 87.1 cm³/mol. The van der Waals surface area contributed by atoms with E-state index in [4.69, 9.17) is 24.4 Å². The number of hydrogen-bond donors (Lipinski definition) is 4. The number of carbonyl (C=O) groups is 2. The number of hydrazine groups is 2. The Morgan fingerprint density at radius 2 is 1.14 bits per heavy atom. The number of carbonyl (C=O) groups excluding carboxylic acids is 2. The maximum atomic E-state index is 11.6. The lowest BCUT2D eigenvalue weighted by atomic mass is 10.1. The van der Waals surface area contributed by atoms with Gasteiger partial charge in [-0.1, -0.05) is 38.3 Å². The maximum absolute atomic E-state index is 11.6. The van der Waals surface area contributed by atoms with Gasteiger partial charge in [0.05, 0.1) is 9.98 Å². The van der Waals surface area contributed by atoms with Gasteiger partial charge in [-0.3, -0.25) is 31.3 Å². The fourth-order valence-electron chi connectivity index (χ4n) is 1.62. The molecule has 0 spiro atoms. The summed E-state index contributed by atoms with van der Waals surface area (Å²) < 4.78 is 0. The van der Waals surface area contributed by atoms with Gasteiger partial charge in [-0.2, -0.15) is 0 Å². The molecule has 0 radical (unpaired) electrons. The van der Waals surface area contributed by atoms with Crippen molar-refractivity contribution in [2.75, 3.05) is 0 Å². The molecule has 2 saturated carbocycles. The summed E-state index contributed by atoms with van der Waals surface area (Å²) in [4.78, 5) is 24.4. The van der Waals surface area contributed by atoms with E-state index >= 15 is 0 Å². The molecule has 0 bridgehead atoms. The number of nitrogens with one attached hydrogen (secondary N) is 4. The van der Waals surface area contributed by atoms with Crippen LogP contribution in [0.2, 0.25) is 0 Å². The molecule has 6 nitrogen and oxygen atoms in total. The van der Waals surface area contributed by atoms with Crippen LogP contribution in [0.1, 0.15) is 46.0 Å². The minimum atomic E-state index is -0.440. The molecule has 2 amide bonds. The summed E-state index contributed by atoms with van der Waals surface area (Å²) >= 11 is 10.3. The SMILES string of the molecule is CC1(C(=S)NNC(=O)CC(=O)NNC(=S)C2(C)CC2)CC1. The Balaban J connectivity index is 1.62. The zero-order valence-electron chi connectivity index (χ0n) is 12.2. The van der Waals surface area contributed by atoms with Crippen molar-refractivity contribution in [3.05, 3.63) is 0 Å². The largest absolute Gasteiger partial charge is 0.291 e. The van der Waals surface area contributed by atoms with Gasteiger partial charge < -0.3 is 0 Å². The van der Waals surface area contributed by atoms with Gasteiger partial charge in [0.1, 0.15) is 6.42 Å². The van der Waals surface area contributed by atoms with Crippen molar-refractivity contribution in [2.24, 2.45) is 10.8 Å². The van der Waals surface area contributed by atoms with Gasteiger partial charge in [-0.25, -0.2) is 0 Å². The molecule has 116 valence electrons. The average molecular weight is 328 g/mol. The Kier molecular flexibility index (Phi) is 4.48. The topological polar surface area (TPSA) is 82.3 Å². The Labute approximate surface area is 134 Å². The first kappa shape index (κ1) is 16.1. The molecule has 0 aromatic heterocycles. The van der Waals surface area contributed by atoms with Crippen LogP contribution in [0, 0.1) is 10.8 Å². The Hall–Kier alpha value is -1.28. The third-order valence-corrected chi connectivity index (χ3v) is 5.24. The number of thiocarbonyl (C=S) groups is 2. The molecule has 0 aromatic carbocycles. The third kappa shape index (κ3) is 4.34. The van der Waals surface area contributed by atoms with Gasteiger partial charge in [0, 0.05) is 10.8 Å². The van der Waals surface area contributed by atoms with Crippen LogP contribution in [0.5, 0.6) is 0 Å². The van der Waals surface area contributed by atoms with Crippen molar-refractivity contribution < 1.29 is 9.59 Å². The molecule has 2 fully saturated rings. The molecule has 8 heteroatoms. The van der Waals surface area contributed by atoms with Crippen molar-refractivity contribution in [2.45, 2.75) is 46.0 Å². The maximum Gasteiger partial charge on any atom is 0.247 e. The van der Waals surface area contributed by atoms with E-state index in [1.165, 1.54) is 0 Å². The lowest BCUT2D eigenvalue weighted by Gasteiger charge is -2.15. The van der Waals surface area contributed by atoms with Crippen molar-refractivity contribution in [1.82, 2.24) is 21.7 Å². The van der Waals surface area contributed by atoms with Gasteiger partial charge in [-0.05, 0) is 25.7 Å². The highest BCUT2D eigenvalue weighted by Crippen LogP contribution is 2.46.